The first-order chi connectivity index (χ1) is 6.87. The molecule has 1 atom stereocenters. The van der Waals surface area contributed by atoms with Gasteiger partial charge in [-0.1, -0.05) is 0 Å². The van der Waals surface area contributed by atoms with Gasteiger partial charge in [0.1, 0.15) is 9.84 Å². The Bertz CT molecular complexity index is 412. The summed E-state index contributed by atoms with van der Waals surface area (Å²) in [5.41, 5.74) is 1.79. The van der Waals surface area contributed by atoms with Gasteiger partial charge in [0.05, 0.1) is 17.6 Å². The number of pyridine rings is 1. The lowest BCUT2D eigenvalue weighted by Crippen LogP contribution is -2.25. The number of sulfone groups is 1. The van der Waals surface area contributed by atoms with Crippen molar-refractivity contribution in [3.05, 3.63) is 24.0 Å². The summed E-state index contributed by atoms with van der Waals surface area (Å²) in [4.78, 5) is 4.12. The average Bonchev–Trinajstić information content (AvgIpc) is 2.05. The third-order valence-corrected chi connectivity index (χ3v) is 2.98. The third-order valence-electron chi connectivity index (χ3n) is 1.88. The van der Waals surface area contributed by atoms with Gasteiger partial charge in [-0.25, -0.2) is 8.42 Å². The minimum Gasteiger partial charge on any atom is -0.380 e. The Morgan fingerprint density at radius 3 is 2.60 bits per heavy atom. The van der Waals surface area contributed by atoms with Gasteiger partial charge >= 0.3 is 0 Å². The molecule has 1 unspecified atom stereocenters. The van der Waals surface area contributed by atoms with E-state index in [1.165, 1.54) is 6.26 Å². The lowest BCUT2D eigenvalue weighted by atomic mass is 10.3. The van der Waals surface area contributed by atoms with Crippen molar-refractivity contribution in [2.75, 3.05) is 17.3 Å². The highest BCUT2D eigenvalue weighted by atomic mass is 32.2. The SMILES string of the molecule is Cc1ccc(NC(C)CS(C)(=O)=O)cn1. The molecule has 1 rings (SSSR count). The first kappa shape index (κ1) is 12.0. The lowest BCUT2D eigenvalue weighted by molar-refractivity contribution is 0.598. The summed E-state index contributed by atoms with van der Waals surface area (Å²) in [5.74, 6) is 0.126. The maximum Gasteiger partial charge on any atom is 0.149 e. The molecule has 0 amide bonds. The van der Waals surface area contributed by atoms with Gasteiger partial charge in [0.2, 0.25) is 0 Å². The second-order valence-electron chi connectivity index (χ2n) is 3.83. The van der Waals surface area contributed by atoms with E-state index >= 15 is 0 Å². The minimum atomic E-state index is -2.93. The summed E-state index contributed by atoms with van der Waals surface area (Å²) in [6.45, 7) is 3.74. The first-order valence-electron chi connectivity index (χ1n) is 4.74. The van der Waals surface area contributed by atoms with Gasteiger partial charge in [-0.15, -0.1) is 0 Å². The number of aromatic nitrogens is 1. The maximum atomic E-state index is 11.0. The van der Waals surface area contributed by atoms with Crippen LogP contribution in [0.4, 0.5) is 5.69 Å². The molecule has 1 aromatic heterocycles. The van der Waals surface area contributed by atoms with E-state index in [0.29, 0.717) is 0 Å². The molecular weight excluding hydrogens is 212 g/mol. The molecule has 0 aliphatic rings. The van der Waals surface area contributed by atoms with Crippen LogP contribution in [0.15, 0.2) is 18.3 Å². The maximum absolute atomic E-state index is 11.0. The molecule has 1 heterocycles. The van der Waals surface area contributed by atoms with Crippen molar-refractivity contribution >= 4 is 15.5 Å². The van der Waals surface area contributed by atoms with Crippen molar-refractivity contribution in [1.82, 2.24) is 4.98 Å². The summed E-state index contributed by atoms with van der Waals surface area (Å²) in [6.07, 6.45) is 2.94. The Morgan fingerprint density at radius 2 is 2.13 bits per heavy atom. The molecule has 0 saturated heterocycles. The molecule has 0 bridgehead atoms. The minimum absolute atomic E-state index is 0.107. The highest BCUT2D eigenvalue weighted by Crippen LogP contribution is 2.07. The number of aryl methyl sites for hydroxylation is 1. The number of rotatable bonds is 4. The normalized spacial score (nSPS) is 13.5. The van der Waals surface area contributed by atoms with Gasteiger partial charge in [0, 0.05) is 18.0 Å². The topological polar surface area (TPSA) is 59.1 Å². The Balaban J connectivity index is 2.59. The number of nitrogens with one attached hydrogen (secondary N) is 1. The summed E-state index contributed by atoms with van der Waals surface area (Å²) in [6, 6.07) is 3.67. The molecular formula is C10H16N2O2S. The Morgan fingerprint density at radius 1 is 1.47 bits per heavy atom. The van der Waals surface area contributed by atoms with Crippen molar-refractivity contribution in [1.29, 1.82) is 0 Å². The molecule has 1 aromatic rings. The largest absolute Gasteiger partial charge is 0.380 e. The quantitative estimate of drug-likeness (QED) is 0.842. The standard InChI is InChI=1S/C10H16N2O2S/c1-8-4-5-10(6-11-8)12-9(2)7-15(3,13)14/h4-6,9,12H,7H2,1-3H3. The molecule has 0 aliphatic heterocycles. The Hall–Kier alpha value is -1.10. The van der Waals surface area contributed by atoms with Crippen LogP contribution >= 0.6 is 0 Å². The molecule has 4 nitrogen and oxygen atoms in total. The van der Waals surface area contributed by atoms with E-state index in [4.69, 9.17) is 0 Å². The van der Waals surface area contributed by atoms with Crippen LogP contribution in [0.1, 0.15) is 12.6 Å². The molecule has 0 saturated carbocycles. The van der Waals surface area contributed by atoms with Crippen LogP contribution in [0.5, 0.6) is 0 Å². The van der Waals surface area contributed by atoms with Crippen LogP contribution in [-0.2, 0) is 9.84 Å². The van der Waals surface area contributed by atoms with Crippen molar-refractivity contribution in [2.24, 2.45) is 0 Å². The first-order valence-corrected chi connectivity index (χ1v) is 6.80. The molecule has 5 heteroatoms. The second kappa shape index (κ2) is 4.61. The zero-order valence-electron chi connectivity index (χ0n) is 9.19. The number of nitrogens with zero attached hydrogens (tertiary/aromatic N) is 1. The zero-order valence-corrected chi connectivity index (χ0v) is 10.0. The summed E-state index contributed by atoms with van der Waals surface area (Å²) in [5, 5.41) is 3.08. The predicted octanol–water partition coefficient (Wildman–Crippen LogP) is 1.24. The molecule has 0 aromatic carbocycles. The van der Waals surface area contributed by atoms with Gasteiger partial charge in [0.15, 0.2) is 0 Å². The van der Waals surface area contributed by atoms with Gasteiger partial charge in [-0.3, -0.25) is 4.98 Å². The van der Waals surface area contributed by atoms with Crippen molar-refractivity contribution in [2.45, 2.75) is 19.9 Å². The van der Waals surface area contributed by atoms with Crippen LogP contribution in [0.2, 0.25) is 0 Å². The molecule has 1 N–H and O–H groups in total. The number of hydrogen-bond acceptors (Lipinski definition) is 4. The summed E-state index contributed by atoms with van der Waals surface area (Å²) < 4.78 is 22.1. The highest BCUT2D eigenvalue weighted by molar-refractivity contribution is 7.90. The fraction of sp³-hybridized carbons (Fsp3) is 0.500. The van der Waals surface area contributed by atoms with Crippen molar-refractivity contribution in [3.8, 4) is 0 Å². The Kier molecular flexibility index (Phi) is 3.68. The zero-order chi connectivity index (χ0) is 11.5. The van der Waals surface area contributed by atoms with Crippen molar-refractivity contribution < 1.29 is 8.42 Å². The molecule has 15 heavy (non-hydrogen) atoms. The van der Waals surface area contributed by atoms with E-state index < -0.39 is 9.84 Å². The summed E-state index contributed by atoms with van der Waals surface area (Å²) >= 11 is 0. The van der Waals surface area contributed by atoms with Gasteiger partial charge in [-0.05, 0) is 26.0 Å². The predicted molar refractivity (Wildman–Crippen MR) is 61.8 cm³/mol. The van der Waals surface area contributed by atoms with Gasteiger partial charge in [0.25, 0.3) is 0 Å². The molecule has 0 radical (unpaired) electrons. The van der Waals surface area contributed by atoms with E-state index in [1.54, 1.807) is 6.20 Å². The van der Waals surface area contributed by atoms with E-state index in [-0.39, 0.29) is 11.8 Å². The highest BCUT2D eigenvalue weighted by Gasteiger charge is 2.09. The molecule has 0 fully saturated rings. The number of anilines is 1. The Labute approximate surface area is 90.7 Å². The average molecular weight is 228 g/mol. The van der Waals surface area contributed by atoms with E-state index in [1.807, 2.05) is 26.0 Å². The van der Waals surface area contributed by atoms with E-state index in [9.17, 15) is 8.42 Å². The summed E-state index contributed by atoms with van der Waals surface area (Å²) in [7, 11) is -2.93. The fourth-order valence-electron chi connectivity index (χ4n) is 1.33. The van der Waals surface area contributed by atoms with Crippen LogP contribution in [0.25, 0.3) is 0 Å². The van der Waals surface area contributed by atoms with Crippen molar-refractivity contribution in [3.63, 3.8) is 0 Å². The molecule has 0 aliphatic carbocycles. The number of hydrogen-bond donors (Lipinski definition) is 1. The second-order valence-corrected chi connectivity index (χ2v) is 6.01. The van der Waals surface area contributed by atoms with Gasteiger partial charge < -0.3 is 5.32 Å². The smallest absolute Gasteiger partial charge is 0.149 e. The third kappa shape index (κ3) is 4.78. The van der Waals surface area contributed by atoms with Crippen LogP contribution in [0.3, 0.4) is 0 Å². The van der Waals surface area contributed by atoms with Crippen LogP contribution in [0, 0.1) is 6.92 Å². The lowest BCUT2D eigenvalue weighted by Gasteiger charge is -2.13. The monoisotopic (exact) mass is 228 g/mol. The van der Waals surface area contributed by atoms with Gasteiger partial charge in [-0.2, -0.15) is 0 Å². The molecule has 84 valence electrons. The fourth-order valence-corrected chi connectivity index (χ4v) is 2.33. The molecule has 0 spiro atoms. The van der Waals surface area contributed by atoms with Crippen LogP contribution < -0.4 is 5.32 Å². The van der Waals surface area contributed by atoms with Crippen LogP contribution in [-0.4, -0.2) is 31.5 Å². The van der Waals surface area contributed by atoms with E-state index in [2.05, 4.69) is 10.3 Å². The van der Waals surface area contributed by atoms with E-state index in [0.717, 1.165) is 11.4 Å².